The van der Waals surface area contributed by atoms with Gasteiger partial charge in [-0.2, -0.15) is 0 Å². The molecule has 25 heavy (non-hydrogen) atoms. The summed E-state index contributed by atoms with van der Waals surface area (Å²) in [5.74, 6) is 0.645. The zero-order valence-electron chi connectivity index (χ0n) is 15.3. The monoisotopic (exact) mass is 342 g/mol. The summed E-state index contributed by atoms with van der Waals surface area (Å²) in [6.07, 6.45) is 8.90. The van der Waals surface area contributed by atoms with E-state index in [1.54, 1.807) is 7.11 Å². The number of aliphatic carboxylic acids is 1. The van der Waals surface area contributed by atoms with Crippen molar-refractivity contribution in [3.63, 3.8) is 0 Å². The van der Waals surface area contributed by atoms with Crippen molar-refractivity contribution >= 4 is 11.5 Å². The predicted molar refractivity (Wildman–Crippen MR) is 100 cm³/mol. The molecule has 0 bridgehead atoms. The summed E-state index contributed by atoms with van der Waals surface area (Å²) in [5.41, 5.74) is 2.62. The Morgan fingerprint density at radius 1 is 1.40 bits per heavy atom. The molecule has 1 aromatic rings. The third-order valence-electron chi connectivity index (χ3n) is 3.97. The Morgan fingerprint density at radius 2 is 2.16 bits per heavy atom. The number of benzene rings is 1. The van der Waals surface area contributed by atoms with Gasteiger partial charge < -0.3 is 14.6 Å². The van der Waals surface area contributed by atoms with Gasteiger partial charge in [0.2, 0.25) is 0 Å². The van der Waals surface area contributed by atoms with Gasteiger partial charge in [0, 0.05) is 17.1 Å². The standard InChI is InChI=1S/C21H26O4/c1-5-6-15(11-20(22)23)7-8-16-13-21(2,3)14-25-19-10-9-17(24-4)12-18(16)19/h7-13H,5-6,14H2,1-4H3,(H,22,23). The van der Waals surface area contributed by atoms with Gasteiger partial charge in [0.15, 0.2) is 0 Å². The summed E-state index contributed by atoms with van der Waals surface area (Å²) in [7, 11) is 1.64. The van der Waals surface area contributed by atoms with Gasteiger partial charge >= 0.3 is 5.97 Å². The number of fused-ring (bicyclic) bond motifs is 1. The lowest BCUT2D eigenvalue weighted by molar-refractivity contribution is -0.131. The maximum Gasteiger partial charge on any atom is 0.328 e. The average molecular weight is 342 g/mol. The number of carbonyl (C=O) groups is 1. The van der Waals surface area contributed by atoms with Crippen molar-refractivity contribution in [3.05, 3.63) is 53.6 Å². The van der Waals surface area contributed by atoms with Crippen LogP contribution in [0.2, 0.25) is 0 Å². The third kappa shape index (κ3) is 5.24. The molecule has 1 N–H and O–H groups in total. The molecule has 1 heterocycles. The highest BCUT2D eigenvalue weighted by atomic mass is 16.5. The van der Waals surface area contributed by atoms with E-state index in [9.17, 15) is 4.79 Å². The zero-order valence-corrected chi connectivity index (χ0v) is 15.3. The molecule has 0 amide bonds. The van der Waals surface area contributed by atoms with Crippen LogP contribution in [0.5, 0.6) is 11.5 Å². The number of carboxylic acids is 1. The first-order chi connectivity index (χ1) is 11.8. The minimum atomic E-state index is -0.923. The van der Waals surface area contributed by atoms with E-state index in [1.807, 2.05) is 37.3 Å². The van der Waals surface area contributed by atoms with Crippen LogP contribution in [0.15, 0.2) is 48.1 Å². The summed E-state index contributed by atoms with van der Waals surface area (Å²) >= 11 is 0. The molecule has 0 fully saturated rings. The average Bonchev–Trinajstić information content (AvgIpc) is 2.68. The fourth-order valence-electron chi connectivity index (χ4n) is 2.78. The molecule has 134 valence electrons. The zero-order chi connectivity index (χ0) is 18.4. The van der Waals surface area contributed by atoms with Crippen LogP contribution in [0.1, 0.15) is 39.2 Å². The fraction of sp³-hybridized carbons (Fsp3) is 0.381. The molecular weight excluding hydrogens is 316 g/mol. The number of carboxylic acid groups (broad SMARTS) is 1. The first kappa shape index (κ1) is 18.8. The van der Waals surface area contributed by atoms with Crippen molar-refractivity contribution in [3.8, 4) is 11.5 Å². The second-order valence-corrected chi connectivity index (χ2v) is 6.88. The van der Waals surface area contributed by atoms with Gasteiger partial charge in [0.1, 0.15) is 11.5 Å². The Kier molecular flexibility index (Phi) is 6.07. The van der Waals surface area contributed by atoms with Crippen LogP contribution < -0.4 is 9.47 Å². The topological polar surface area (TPSA) is 55.8 Å². The van der Waals surface area contributed by atoms with Crippen molar-refractivity contribution in [1.29, 1.82) is 0 Å². The highest BCUT2D eigenvalue weighted by Gasteiger charge is 2.23. The smallest absolute Gasteiger partial charge is 0.328 e. The highest BCUT2D eigenvalue weighted by Crippen LogP contribution is 2.37. The van der Waals surface area contributed by atoms with Gasteiger partial charge in [0.25, 0.3) is 0 Å². The third-order valence-corrected chi connectivity index (χ3v) is 3.97. The second kappa shape index (κ2) is 8.06. The fourth-order valence-corrected chi connectivity index (χ4v) is 2.78. The van der Waals surface area contributed by atoms with E-state index in [1.165, 1.54) is 6.08 Å². The number of rotatable bonds is 6. The molecule has 0 atom stereocenters. The lowest BCUT2D eigenvalue weighted by Crippen LogP contribution is -2.17. The molecule has 0 spiro atoms. The predicted octanol–water partition coefficient (Wildman–Crippen LogP) is 4.86. The summed E-state index contributed by atoms with van der Waals surface area (Å²) in [6, 6.07) is 5.75. The van der Waals surface area contributed by atoms with Crippen molar-refractivity contribution < 1.29 is 19.4 Å². The van der Waals surface area contributed by atoms with Gasteiger partial charge in [-0.15, -0.1) is 0 Å². The van der Waals surface area contributed by atoms with Crippen LogP contribution in [-0.2, 0) is 4.79 Å². The van der Waals surface area contributed by atoms with Crippen LogP contribution in [-0.4, -0.2) is 24.8 Å². The van der Waals surface area contributed by atoms with E-state index in [0.29, 0.717) is 6.61 Å². The molecular formula is C21H26O4. The largest absolute Gasteiger partial charge is 0.497 e. The number of methoxy groups -OCH3 is 1. The molecule has 0 saturated heterocycles. The summed E-state index contributed by atoms with van der Waals surface area (Å²) in [6.45, 7) is 6.84. The van der Waals surface area contributed by atoms with Gasteiger partial charge in [-0.3, -0.25) is 0 Å². The summed E-state index contributed by atoms with van der Waals surface area (Å²) in [5, 5.41) is 9.04. The molecule has 1 aliphatic heterocycles. The molecule has 0 aromatic heterocycles. The summed E-state index contributed by atoms with van der Waals surface area (Å²) in [4.78, 5) is 11.0. The van der Waals surface area contributed by atoms with Gasteiger partial charge in [-0.1, -0.05) is 45.4 Å². The van der Waals surface area contributed by atoms with Crippen LogP contribution in [0.3, 0.4) is 0 Å². The van der Waals surface area contributed by atoms with E-state index in [4.69, 9.17) is 14.6 Å². The van der Waals surface area contributed by atoms with E-state index in [-0.39, 0.29) is 5.41 Å². The second-order valence-electron chi connectivity index (χ2n) is 6.88. The minimum Gasteiger partial charge on any atom is -0.497 e. The van der Waals surface area contributed by atoms with Crippen LogP contribution in [0, 0.1) is 5.41 Å². The molecule has 0 radical (unpaired) electrons. The Labute approximate surface area is 149 Å². The number of ether oxygens (including phenoxy) is 2. The first-order valence-corrected chi connectivity index (χ1v) is 8.50. The highest BCUT2D eigenvalue weighted by molar-refractivity contribution is 5.83. The minimum absolute atomic E-state index is 0.132. The number of hydrogen-bond acceptors (Lipinski definition) is 3. The molecule has 0 unspecified atom stereocenters. The molecule has 2 rings (SSSR count). The van der Waals surface area contributed by atoms with Gasteiger partial charge in [-0.05, 0) is 35.8 Å². The van der Waals surface area contributed by atoms with E-state index in [2.05, 4.69) is 19.9 Å². The lowest BCUT2D eigenvalue weighted by atomic mass is 9.90. The van der Waals surface area contributed by atoms with Crippen molar-refractivity contribution in [1.82, 2.24) is 0 Å². The molecule has 1 aromatic carbocycles. The normalized spacial score (nSPS) is 16.6. The molecule has 4 nitrogen and oxygen atoms in total. The van der Waals surface area contributed by atoms with Crippen LogP contribution >= 0.6 is 0 Å². The van der Waals surface area contributed by atoms with Crippen LogP contribution in [0.25, 0.3) is 5.57 Å². The quantitative estimate of drug-likeness (QED) is 0.592. The molecule has 0 saturated carbocycles. The molecule has 4 heteroatoms. The maximum atomic E-state index is 11.0. The molecule has 1 aliphatic rings. The number of allylic oxidation sites excluding steroid dienone is 4. The van der Waals surface area contributed by atoms with E-state index in [0.717, 1.165) is 41.1 Å². The number of hydrogen-bond donors (Lipinski definition) is 1. The van der Waals surface area contributed by atoms with Crippen molar-refractivity contribution in [2.24, 2.45) is 5.41 Å². The van der Waals surface area contributed by atoms with Crippen LogP contribution in [0.4, 0.5) is 0 Å². The first-order valence-electron chi connectivity index (χ1n) is 8.50. The Morgan fingerprint density at radius 3 is 2.80 bits per heavy atom. The summed E-state index contributed by atoms with van der Waals surface area (Å²) < 4.78 is 11.3. The molecule has 0 aliphatic carbocycles. The Bertz CT molecular complexity index is 723. The van der Waals surface area contributed by atoms with Crippen molar-refractivity contribution in [2.45, 2.75) is 33.6 Å². The Hall–Kier alpha value is -2.49. The van der Waals surface area contributed by atoms with Gasteiger partial charge in [-0.25, -0.2) is 4.79 Å². The van der Waals surface area contributed by atoms with E-state index >= 15 is 0 Å². The SMILES string of the molecule is CCCC(C=CC1=CC(C)(C)COc2ccc(OC)cc21)=CC(=O)O. The van der Waals surface area contributed by atoms with Gasteiger partial charge in [0.05, 0.1) is 13.7 Å². The lowest BCUT2D eigenvalue weighted by Gasteiger charge is -2.18. The van der Waals surface area contributed by atoms with Crippen molar-refractivity contribution in [2.75, 3.05) is 13.7 Å². The Balaban J connectivity index is 2.47. The van der Waals surface area contributed by atoms with E-state index < -0.39 is 5.97 Å². The maximum absolute atomic E-state index is 11.0.